The molecular weight excluding hydrogens is 446 g/mol. The van der Waals surface area contributed by atoms with Crippen LogP contribution >= 0.6 is 23.4 Å². The van der Waals surface area contributed by atoms with Crippen molar-refractivity contribution >= 4 is 40.9 Å². The predicted molar refractivity (Wildman–Crippen MR) is 128 cm³/mol. The first kappa shape index (κ1) is 23.6. The highest BCUT2D eigenvalue weighted by Crippen LogP contribution is 2.21. The van der Waals surface area contributed by atoms with Gasteiger partial charge in [0.1, 0.15) is 0 Å². The summed E-state index contributed by atoms with van der Waals surface area (Å²) in [5, 5.41) is 15.3. The number of rotatable bonds is 9. The van der Waals surface area contributed by atoms with E-state index in [1.807, 2.05) is 36.6 Å². The second-order valence-corrected chi connectivity index (χ2v) is 8.53. The number of hydrogen-bond donors (Lipinski definition) is 2. The van der Waals surface area contributed by atoms with Crippen molar-refractivity contribution in [1.29, 1.82) is 0 Å². The van der Waals surface area contributed by atoms with Crippen LogP contribution in [-0.4, -0.2) is 32.3 Å². The molecule has 0 unspecified atom stereocenters. The van der Waals surface area contributed by atoms with Crippen LogP contribution in [0, 0.1) is 13.8 Å². The molecule has 0 saturated heterocycles. The fraction of sp³-hybridized carbons (Fsp3) is 0.217. The summed E-state index contributed by atoms with van der Waals surface area (Å²) < 4.78 is 1.83. The zero-order valence-electron chi connectivity index (χ0n) is 17.9. The van der Waals surface area contributed by atoms with Crippen molar-refractivity contribution in [2.75, 3.05) is 11.1 Å². The third-order valence-electron chi connectivity index (χ3n) is 4.59. The summed E-state index contributed by atoms with van der Waals surface area (Å²) in [6, 6.07) is 12.7. The molecular formula is C23H24ClN5O2S. The van der Waals surface area contributed by atoms with Gasteiger partial charge in [-0.05, 0) is 49.7 Å². The van der Waals surface area contributed by atoms with Gasteiger partial charge in [-0.3, -0.25) is 9.59 Å². The number of nitrogens with one attached hydrogen (secondary N) is 2. The molecule has 2 aromatic carbocycles. The van der Waals surface area contributed by atoms with Gasteiger partial charge in [0.15, 0.2) is 11.0 Å². The molecule has 3 rings (SSSR count). The molecule has 2 amide bonds. The molecule has 0 spiro atoms. The molecule has 0 atom stereocenters. The highest BCUT2D eigenvalue weighted by molar-refractivity contribution is 7.99. The van der Waals surface area contributed by atoms with Crippen molar-refractivity contribution in [2.45, 2.75) is 32.1 Å². The fourth-order valence-corrected chi connectivity index (χ4v) is 3.99. The minimum absolute atomic E-state index is 0.160. The first-order valence-electron chi connectivity index (χ1n) is 9.94. The Hall–Kier alpha value is -3.10. The number of halogens is 1. The Morgan fingerprint density at radius 1 is 1.19 bits per heavy atom. The van der Waals surface area contributed by atoms with Gasteiger partial charge in [0.2, 0.25) is 5.91 Å². The second kappa shape index (κ2) is 11.0. The number of benzene rings is 2. The van der Waals surface area contributed by atoms with Gasteiger partial charge < -0.3 is 15.2 Å². The van der Waals surface area contributed by atoms with Gasteiger partial charge in [0.25, 0.3) is 5.91 Å². The predicted octanol–water partition coefficient (Wildman–Crippen LogP) is 4.40. The molecule has 0 aliphatic rings. The maximum absolute atomic E-state index is 12.4. The molecule has 1 aromatic heterocycles. The Balaban J connectivity index is 1.61. The second-order valence-electron chi connectivity index (χ2n) is 7.15. The van der Waals surface area contributed by atoms with Crippen LogP contribution in [0.15, 0.2) is 60.3 Å². The van der Waals surface area contributed by atoms with E-state index < -0.39 is 0 Å². The van der Waals surface area contributed by atoms with Crippen molar-refractivity contribution in [3.05, 3.63) is 82.7 Å². The lowest BCUT2D eigenvalue weighted by Crippen LogP contribution is -2.25. The van der Waals surface area contributed by atoms with E-state index in [2.05, 4.69) is 27.4 Å². The lowest BCUT2D eigenvalue weighted by Gasteiger charge is -2.10. The molecule has 1 heterocycles. The number of hydrogen-bond acceptors (Lipinski definition) is 5. The van der Waals surface area contributed by atoms with Gasteiger partial charge in [0, 0.05) is 22.8 Å². The van der Waals surface area contributed by atoms with Gasteiger partial charge >= 0.3 is 0 Å². The Morgan fingerprint density at radius 3 is 2.72 bits per heavy atom. The van der Waals surface area contributed by atoms with Crippen molar-refractivity contribution in [1.82, 2.24) is 20.1 Å². The number of carbonyl (C=O) groups excluding carboxylic acids is 2. The molecule has 166 valence electrons. The fourth-order valence-electron chi connectivity index (χ4n) is 3.00. The Bertz CT molecular complexity index is 1150. The lowest BCUT2D eigenvalue weighted by atomic mass is 10.1. The van der Waals surface area contributed by atoms with Crippen LogP contribution in [-0.2, 0) is 17.9 Å². The summed E-state index contributed by atoms with van der Waals surface area (Å²) in [4.78, 5) is 24.8. The quantitative estimate of drug-likeness (QED) is 0.358. The molecule has 9 heteroatoms. The van der Waals surface area contributed by atoms with Crippen molar-refractivity contribution < 1.29 is 9.59 Å². The van der Waals surface area contributed by atoms with Crippen molar-refractivity contribution in [2.24, 2.45) is 0 Å². The highest BCUT2D eigenvalue weighted by atomic mass is 35.5. The van der Waals surface area contributed by atoms with Gasteiger partial charge in [-0.25, -0.2) is 0 Å². The minimum Gasteiger partial charge on any atom is -0.345 e. The van der Waals surface area contributed by atoms with E-state index in [9.17, 15) is 9.59 Å². The van der Waals surface area contributed by atoms with Gasteiger partial charge in [-0.2, -0.15) is 0 Å². The Kier molecular flexibility index (Phi) is 8.08. The third kappa shape index (κ3) is 6.21. The molecule has 32 heavy (non-hydrogen) atoms. The molecule has 7 nitrogen and oxygen atoms in total. The molecule has 0 fully saturated rings. The Morgan fingerprint density at radius 2 is 2.00 bits per heavy atom. The maximum atomic E-state index is 12.4. The van der Waals surface area contributed by atoms with Crippen LogP contribution in [0.3, 0.4) is 0 Å². The van der Waals surface area contributed by atoms with Crippen LogP contribution in [0.1, 0.15) is 27.3 Å². The topological polar surface area (TPSA) is 88.9 Å². The van der Waals surface area contributed by atoms with E-state index in [0.717, 1.165) is 11.1 Å². The summed E-state index contributed by atoms with van der Waals surface area (Å²) in [6.07, 6.45) is 1.72. The zero-order valence-corrected chi connectivity index (χ0v) is 19.5. The minimum atomic E-state index is -0.186. The lowest BCUT2D eigenvalue weighted by molar-refractivity contribution is -0.113. The number of amides is 2. The molecule has 2 N–H and O–H groups in total. The van der Waals surface area contributed by atoms with E-state index in [4.69, 9.17) is 11.6 Å². The number of anilines is 1. The SMILES string of the molecule is C=CCn1c(CNC(=O)c2cccc(C)c2)nnc1SCC(=O)Nc1ccc(Cl)cc1C. The van der Waals surface area contributed by atoms with E-state index >= 15 is 0 Å². The number of allylic oxidation sites excluding steroid dienone is 1. The monoisotopic (exact) mass is 469 g/mol. The van der Waals surface area contributed by atoms with Gasteiger partial charge in [0.05, 0.1) is 12.3 Å². The zero-order chi connectivity index (χ0) is 23.1. The van der Waals surface area contributed by atoms with Crippen LogP contribution < -0.4 is 10.6 Å². The van der Waals surface area contributed by atoms with Crippen LogP contribution in [0.4, 0.5) is 5.69 Å². The normalized spacial score (nSPS) is 10.6. The summed E-state index contributed by atoms with van der Waals surface area (Å²) in [6.45, 7) is 8.27. The van der Waals surface area contributed by atoms with Crippen LogP contribution in [0.2, 0.25) is 5.02 Å². The summed E-state index contributed by atoms with van der Waals surface area (Å²) >= 11 is 7.23. The summed E-state index contributed by atoms with van der Waals surface area (Å²) in [5.74, 6) is 0.395. The molecule has 0 saturated carbocycles. The van der Waals surface area contributed by atoms with Crippen molar-refractivity contribution in [3.8, 4) is 0 Å². The van der Waals surface area contributed by atoms with Crippen molar-refractivity contribution in [3.63, 3.8) is 0 Å². The van der Waals surface area contributed by atoms with Crippen LogP contribution in [0.25, 0.3) is 0 Å². The largest absolute Gasteiger partial charge is 0.345 e. The number of carbonyl (C=O) groups is 2. The molecule has 3 aromatic rings. The highest BCUT2D eigenvalue weighted by Gasteiger charge is 2.15. The summed E-state index contributed by atoms with van der Waals surface area (Å²) in [5.41, 5.74) is 3.20. The number of aryl methyl sites for hydroxylation is 2. The van der Waals surface area contributed by atoms with E-state index in [0.29, 0.717) is 33.8 Å². The summed E-state index contributed by atoms with van der Waals surface area (Å²) in [7, 11) is 0. The maximum Gasteiger partial charge on any atom is 0.251 e. The van der Waals surface area contributed by atoms with E-state index in [1.165, 1.54) is 11.8 Å². The molecule has 0 radical (unpaired) electrons. The average molecular weight is 470 g/mol. The van der Waals surface area contributed by atoms with Gasteiger partial charge in [-0.1, -0.05) is 47.1 Å². The first-order valence-corrected chi connectivity index (χ1v) is 11.3. The Labute approximate surface area is 196 Å². The molecule has 0 bridgehead atoms. The standard InChI is InChI=1S/C23H24ClN5O2S/c1-4-10-29-20(13-25-22(31)17-7-5-6-15(2)11-17)27-28-23(29)32-14-21(30)26-19-9-8-18(24)12-16(19)3/h4-9,11-12H,1,10,13-14H2,2-3H3,(H,25,31)(H,26,30). The third-order valence-corrected chi connectivity index (χ3v) is 5.79. The number of aromatic nitrogens is 3. The number of thioether (sulfide) groups is 1. The molecule has 0 aliphatic heterocycles. The smallest absolute Gasteiger partial charge is 0.251 e. The van der Waals surface area contributed by atoms with Gasteiger partial charge in [-0.15, -0.1) is 16.8 Å². The van der Waals surface area contributed by atoms with E-state index in [1.54, 1.807) is 30.3 Å². The number of nitrogens with zero attached hydrogens (tertiary/aromatic N) is 3. The first-order chi connectivity index (χ1) is 15.4. The molecule has 0 aliphatic carbocycles. The average Bonchev–Trinajstić information content (AvgIpc) is 3.14. The van der Waals surface area contributed by atoms with E-state index in [-0.39, 0.29) is 24.1 Å². The van der Waals surface area contributed by atoms with Crippen LogP contribution in [0.5, 0.6) is 0 Å².